The summed E-state index contributed by atoms with van der Waals surface area (Å²) in [5.41, 5.74) is 0.603. The standard InChI is InChI=1S/C12H17ClFNO2S/c1-8(18(3,16)17)11(15-2)7-9-5-4-6-10(14)12(9)13/h4-6,8,11,15H,7H2,1-3H3. The number of sulfone groups is 1. The Balaban J connectivity index is 2.97. The topological polar surface area (TPSA) is 46.2 Å². The summed E-state index contributed by atoms with van der Waals surface area (Å²) < 4.78 is 36.4. The van der Waals surface area contributed by atoms with E-state index >= 15 is 0 Å². The molecule has 1 rings (SSSR count). The van der Waals surface area contributed by atoms with Crippen molar-refractivity contribution in [3.8, 4) is 0 Å². The molecule has 2 unspecified atom stereocenters. The molecule has 1 N–H and O–H groups in total. The Bertz CT molecular complexity index is 519. The molecule has 102 valence electrons. The maximum Gasteiger partial charge on any atom is 0.151 e. The van der Waals surface area contributed by atoms with Gasteiger partial charge < -0.3 is 5.32 Å². The second kappa shape index (κ2) is 5.99. The molecule has 0 aliphatic rings. The highest BCUT2D eigenvalue weighted by Gasteiger charge is 2.25. The van der Waals surface area contributed by atoms with Crippen molar-refractivity contribution in [3.05, 3.63) is 34.6 Å². The highest BCUT2D eigenvalue weighted by molar-refractivity contribution is 7.91. The van der Waals surface area contributed by atoms with Crippen LogP contribution in [0.3, 0.4) is 0 Å². The quantitative estimate of drug-likeness (QED) is 0.904. The molecule has 6 heteroatoms. The first-order valence-electron chi connectivity index (χ1n) is 5.56. The average molecular weight is 294 g/mol. The van der Waals surface area contributed by atoms with Gasteiger partial charge in [-0.05, 0) is 32.0 Å². The third-order valence-corrected chi connectivity index (χ3v) is 5.19. The van der Waals surface area contributed by atoms with Crippen LogP contribution in [0.5, 0.6) is 0 Å². The van der Waals surface area contributed by atoms with E-state index in [1.54, 1.807) is 26.1 Å². The van der Waals surface area contributed by atoms with Gasteiger partial charge in [-0.15, -0.1) is 0 Å². The van der Waals surface area contributed by atoms with E-state index in [4.69, 9.17) is 11.6 Å². The number of halogens is 2. The molecule has 0 aromatic heterocycles. The maximum atomic E-state index is 13.3. The van der Waals surface area contributed by atoms with Gasteiger partial charge in [0.05, 0.1) is 10.3 Å². The van der Waals surface area contributed by atoms with Gasteiger partial charge in [0.1, 0.15) is 5.82 Å². The summed E-state index contributed by atoms with van der Waals surface area (Å²) in [7, 11) is -1.48. The van der Waals surface area contributed by atoms with Gasteiger partial charge in [-0.2, -0.15) is 0 Å². The van der Waals surface area contributed by atoms with Crippen LogP contribution in [0.1, 0.15) is 12.5 Å². The third kappa shape index (κ3) is 3.67. The lowest BCUT2D eigenvalue weighted by Crippen LogP contribution is -2.42. The van der Waals surface area contributed by atoms with E-state index in [9.17, 15) is 12.8 Å². The normalized spacial score (nSPS) is 15.4. The van der Waals surface area contributed by atoms with Crippen molar-refractivity contribution in [1.29, 1.82) is 0 Å². The summed E-state index contributed by atoms with van der Waals surface area (Å²) in [4.78, 5) is 0. The monoisotopic (exact) mass is 293 g/mol. The Hall–Kier alpha value is -0.650. The Morgan fingerprint density at radius 1 is 1.44 bits per heavy atom. The summed E-state index contributed by atoms with van der Waals surface area (Å²) in [6.07, 6.45) is 1.55. The van der Waals surface area contributed by atoms with E-state index in [-0.39, 0.29) is 11.1 Å². The van der Waals surface area contributed by atoms with Gasteiger partial charge in [0.2, 0.25) is 0 Å². The average Bonchev–Trinajstić information content (AvgIpc) is 2.29. The van der Waals surface area contributed by atoms with Crippen LogP contribution in [-0.4, -0.2) is 33.0 Å². The van der Waals surface area contributed by atoms with E-state index in [0.717, 1.165) is 0 Å². The van der Waals surface area contributed by atoms with Crippen LogP contribution >= 0.6 is 11.6 Å². The molecular formula is C12H17ClFNO2S. The molecule has 0 radical (unpaired) electrons. The number of hydrogen-bond donors (Lipinski definition) is 1. The van der Waals surface area contributed by atoms with E-state index in [1.807, 2.05) is 0 Å². The fraction of sp³-hybridized carbons (Fsp3) is 0.500. The van der Waals surface area contributed by atoms with E-state index in [0.29, 0.717) is 12.0 Å². The summed E-state index contributed by atoms with van der Waals surface area (Å²) in [5.74, 6) is -0.490. The number of likely N-dealkylation sites (N-methyl/N-ethyl adjacent to an activating group) is 1. The molecule has 3 nitrogen and oxygen atoms in total. The number of rotatable bonds is 5. The molecule has 0 spiro atoms. The fourth-order valence-corrected chi connectivity index (χ4v) is 2.78. The van der Waals surface area contributed by atoms with Crippen LogP contribution in [-0.2, 0) is 16.3 Å². The first kappa shape index (κ1) is 15.4. The van der Waals surface area contributed by atoms with Gasteiger partial charge in [-0.1, -0.05) is 23.7 Å². The van der Waals surface area contributed by atoms with E-state index in [2.05, 4.69) is 5.32 Å². The van der Waals surface area contributed by atoms with Gasteiger partial charge in [0.25, 0.3) is 0 Å². The smallest absolute Gasteiger partial charge is 0.151 e. The van der Waals surface area contributed by atoms with Crippen LogP contribution in [0.2, 0.25) is 5.02 Å². The maximum absolute atomic E-state index is 13.3. The minimum absolute atomic E-state index is 0.0541. The first-order chi connectivity index (χ1) is 8.27. The zero-order valence-electron chi connectivity index (χ0n) is 10.6. The van der Waals surface area contributed by atoms with Crippen molar-refractivity contribution in [2.45, 2.75) is 24.6 Å². The fourth-order valence-electron chi connectivity index (χ4n) is 1.74. The molecule has 0 aliphatic carbocycles. The molecule has 1 aromatic rings. The van der Waals surface area contributed by atoms with Crippen LogP contribution in [0, 0.1) is 5.82 Å². The van der Waals surface area contributed by atoms with Gasteiger partial charge in [0.15, 0.2) is 9.84 Å². The predicted octanol–water partition coefficient (Wildman–Crippen LogP) is 2.04. The second-order valence-corrected chi connectivity index (χ2v) is 7.13. The number of benzene rings is 1. The van der Waals surface area contributed by atoms with E-state index in [1.165, 1.54) is 12.3 Å². The molecule has 0 saturated heterocycles. The van der Waals surface area contributed by atoms with Crippen molar-refractivity contribution < 1.29 is 12.8 Å². The van der Waals surface area contributed by atoms with Crippen molar-refractivity contribution in [1.82, 2.24) is 5.32 Å². The Morgan fingerprint density at radius 2 is 2.06 bits per heavy atom. The Morgan fingerprint density at radius 3 is 2.56 bits per heavy atom. The largest absolute Gasteiger partial charge is 0.315 e. The Labute approximate surface area is 112 Å². The molecule has 0 bridgehead atoms. The van der Waals surface area contributed by atoms with Crippen molar-refractivity contribution >= 4 is 21.4 Å². The lowest BCUT2D eigenvalue weighted by molar-refractivity contribution is 0.515. The van der Waals surface area contributed by atoms with Crippen LogP contribution in [0.15, 0.2) is 18.2 Å². The highest BCUT2D eigenvalue weighted by atomic mass is 35.5. The lowest BCUT2D eigenvalue weighted by atomic mass is 10.0. The van der Waals surface area contributed by atoms with Gasteiger partial charge in [0, 0.05) is 12.3 Å². The molecule has 0 saturated carbocycles. The number of nitrogens with one attached hydrogen (secondary N) is 1. The molecule has 1 aromatic carbocycles. The first-order valence-corrected chi connectivity index (χ1v) is 7.89. The van der Waals surface area contributed by atoms with Crippen molar-refractivity contribution in [2.75, 3.05) is 13.3 Å². The summed E-state index contributed by atoms with van der Waals surface area (Å²) >= 11 is 5.86. The highest BCUT2D eigenvalue weighted by Crippen LogP contribution is 2.22. The zero-order valence-corrected chi connectivity index (χ0v) is 12.1. The van der Waals surface area contributed by atoms with Gasteiger partial charge in [-0.25, -0.2) is 12.8 Å². The molecule has 0 aliphatic heterocycles. The van der Waals surface area contributed by atoms with Gasteiger partial charge >= 0.3 is 0 Å². The molecule has 18 heavy (non-hydrogen) atoms. The second-order valence-electron chi connectivity index (χ2n) is 4.35. The minimum atomic E-state index is -3.16. The summed E-state index contributed by atoms with van der Waals surface area (Å²) in [6.45, 7) is 1.63. The SMILES string of the molecule is CNC(Cc1cccc(F)c1Cl)C(C)S(C)(=O)=O. The number of hydrogen-bond acceptors (Lipinski definition) is 3. The molecule has 0 amide bonds. The van der Waals surface area contributed by atoms with Crippen LogP contribution in [0.25, 0.3) is 0 Å². The third-order valence-electron chi connectivity index (χ3n) is 3.08. The molecule has 0 heterocycles. The van der Waals surface area contributed by atoms with Crippen LogP contribution < -0.4 is 5.32 Å². The lowest BCUT2D eigenvalue weighted by Gasteiger charge is -2.22. The van der Waals surface area contributed by atoms with Crippen molar-refractivity contribution in [2.24, 2.45) is 0 Å². The molecule has 2 atom stereocenters. The summed E-state index contributed by atoms with van der Waals surface area (Å²) in [5, 5.41) is 2.43. The molecule has 0 fully saturated rings. The predicted molar refractivity (Wildman–Crippen MR) is 72.3 cm³/mol. The van der Waals surface area contributed by atoms with E-state index < -0.39 is 20.9 Å². The van der Waals surface area contributed by atoms with Crippen molar-refractivity contribution in [3.63, 3.8) is 0 Å². The zero-order chi connectivity index (χ0) is 13.9. The Kier molecular flexibility index (Phi) is 5.13. The molecular weight excluding hydrogens is 277 g/mol. The summed E-state index contributed by atoms with van der Waals surface area (Å²) in [6, 6.07) is 4.23. The minimum Gasteiger partial charge on any atom is -0.315 e. The van der Waals surface area contributed by atoms with Gasteiger partial charge in [-0.3, -0.25) is 0 Å². The van der Waals surface area contributed by atoms with Crippen LogP contribution in [0.4, 0.5) is 4.39 Å².